The van der Waals surface area contributed by atoms with Crippen molar-refractivity contribution in [3.63, 3.8) is 0 Å². The van der Waals surface area contributed by atoms with Gasteiger partial charge in [-0.1, -0.05) is 26.8 Å². The van der Waals surface area contributed by atoms with Crippen molar-refractivity contribution in [2.24, 2.45) is 0 Å². The van der Waals surface area contributed by atoms with Gasteiger partial charge in [-0.2, -0.15) is 0 Å². The number of nitrogens with one attached hydrogen (secondary N) is 1. The number of hydrogen-bond acceptors (Lipinski definition) is 3. The molecule has 1 aromatic carbocycles. The molecule has 2 rings (SSSR count). The van der Waals surface area contributed by atoms with Crippen LogP contribution in [0.1, 0.15) is 26.5 Å². The van der Waals surface area contributed by atoms with Gasteiger partial charge in [-0.15, -0.1) is 0 Å². The van der Waals surface area contributed by atoms with Crippen LogP contribution in [0.3, 0.4) is 0 Å². The van der Waals surface area contributed by atoms with Gasteiger partial charge in [-0.05, 0) is 22.0 Å². The fraction of sp³-hybridized carbons (Fsp3) is 0.308. The second kappa shape index (κ2) is 4.90. The van der Waals surface area contributed by atoms with Crippen molar-refractivity contribution in [1.82, 2.24) is 9.78 Å². The molecule has 0 atom stereocenters. The highest BCUT2D eigenvalue weighted by molar-refractivity contribution is 9.10. The van der Waals surface area contributed by atoms with Crippen molar-refractivity contribution in [3.8, 4) is 5.69 Å². The Kier molecular flexibility index (Phi) is 3.56. The van der Waals surface area contributed by atoms with Crippen LogP contribution < -0.4 is 5.56 Å². The van der Waals surface area contributed by atoms with Gasteiger partial charge in [0, 0.05) is 17.5 Å². The summed E-state index contributed by atoms with van der Waals surface area (Å²) >= 11 is 3.28. The number of aromatic amines is 1. The summed E-state index contributed by atoms with van der Waals surface area (Å²) in [6.07, 6.45) is 0. The van der Waals surface area contributed by atoms with Crippen LogP contribution in [0.5, 0.6) is 0 Å². The lowest BCUT2D eigenvalue weighted by atomic mass is 9.93. The first kappa shape index (κ1) is 14.5. The maximum Gasteiger partial charge on any atom is 0.285 e. The third-order valence-corrected chi connectivity index (χ3v) is 3.62. The molecular formula is C13H14BrN3O3. The first-order valence-corrected chi connectivity index (χ1v) is 6.77. The Bertz CT molecular complexity index is 725. The number of non-ortho nitro benzene ring substituents is 1. The van der Waals surface area contributed by atoms with Gasteiger partial charge < -0.3 is 0 Å². The highest BCUT2D eigenvalue weighted by Crippen LogP contribution is 2.26. The quantitative estimate of drug-likeness (QED) is 0.674. The topological polar surface area (TPSA) is 80.9 Å². The van der Waals surface area contributed by atoms with E-state index in [-0.39, 0.29) is 16.7 Å². The highest BCUT2D eigenvalue weighted by Gasteiger charge is 2.23. The van der Waals surface area contributed by atoms with Crippen LogP contribution in [-0.2, 0) is 5.41 Å². The lowest BCUT2D eigenvalue weighted by Crippen LogP contribution is -2.14. The van der Waals surface area contributed by atoms with E-state index in [2.05, 4.69) is 21.0 Å². The first-order valence-electron chi connectivity index (χ1n) is 5.97. The Morgan fingerprint density at radius 3 is 2.50 bits per heavy atom. The molecule has 0 radical (unpaired) electrons. The molecule has 20 heavy (non-hydrogen) atoms. The Balaban J connectivity index is 2.63. The van der Waals surface area contributed by atoms with Crippen molar-refractivity contribution in [2.75, 3.05) is 0 Å². The van der Waals surface area contributed by atoms with Gasteiger partial charge >= 0.3 is 0 Å². The Labute approximate surface area is 123 Å². The zero-order valence-corrected chi connectivity index (χ0v) is 12.9. The number of nitrogens with zero attached hydrogens (tertiary/aromatic N) is 2. The van der Waals surface area contributed by atoms with E-state index < -0.39 is 4.92 Å². The number of aromatic nitrogens is 2. The average molecular weight is 340 g/mol. The summed E-state index contributed by atoms with van der Waals surface area (Å²) in [7, 11) is 0. The van der Waals surface area contributed by atoms with E-state index in [1.54, 1.807) is 12.1 Å². The number of hydrogen-bond donors (Lipinski definition) is 1. The second-order valence-corrected chi connectivity index (χ2v) is 6.26. The molecule has 0 aliphatic heterocycles. The van der Waals surface area contributed by atoms with E-state index in [0.29, 0.717) is 10.2 Å². The van der Waals surface area contributed by atoms with E-state index in [9.17, 15) is 14.9 Å². The van der Waals surface area contributed by atoms with Crippen LogP contribution in [0.2, 0.25) is 0 Å². The lowest BCUT2D eigenvalue weighted by molar-refractivity contribution is -0.384. The number of nitro groups is 1. The average Bonchev–Trinajstić information content (AvgIpc) is 2.66. The monoisotopic (exact) mass is 339 g/mol. The van der Waals surface area contributed by atoms with Crippen LogP contribution in [0, 0.1) is 10.1 Å². The number of nitro benzene ring substituents is 1. The third-order valence-electron chi connectivity index (χ3n) is 2.88. The lowest BCUT2D eigenvalue weighted by Gasteiger charge is -2.16. The molecule has 0 aliphatic carbocycles. The predicted molar refractivity (Wildman–Crippen MR) is 79.4 cm³/mol. The number of halogens is 1. The summed E-state index contributed by atoms with van der Waals surface area (Å²) in [5.74, 6) is 0. The Morgan fingerprint density at radius 2 is 2.00 bits per heavy atom. The Morgan fingerprint density at radius 1 is 1.35 bits per heavy atom. The fourth-order valence-electron chi connectivity index (χ4n) is 1.84. The van der Waals surface area contributed by atoms with E-state index in [1.807, 2.05) is 20.8 Å². The van der Waals surface area contributed by atoms with Gasteiger partial charge in [0.25, 0.3) is 11.2 Å². The molecule has 0 unspecified atom stereocenters. The SMILES string of the molecule is CC(C)(C)c1[nH]n(-c2cccc([N+](=O)[O-])c2)c(=O)c1Br. The molecule has 2 aromatic rings. The molecule has 0 aliphatic rings. The van der Waals surface area contributed by atoms with Gasteiger partial charge in [0.05, 0.1) is 16.3 Å². The van der Waals surface area contributed by atoms with Crippen molar-refractivity contribution < 1.29 is 4.92 Å². The van der Waals surface area contributed by atoms with E-state index >= 15 is 0 Å². The van der Waals surface area contributed by atoms with Gasteiger partial charge in [0.1, 0.15) is 4.47 Å². The molecule has 0 spiro atoms. The molecule has 1 heterocycles. The number of H-pyrrole nitrogens is 1. The predicted octanol–water partition coefficient (Wildman–Crippen LogP) is 3.13. The normalized spacial score (nSPS) is 11.6. The number of benzene rings is 1. The highest BCUT2D eigenvalue weighted by atomic mass is 79.9. The third kappa shape index (κ3) is 2.53. The molecule has 6 nitrogen and oxygen atoms in total. The van der Waals surface area contributed by atoms with Crippen molar-refractivity contribution in [3.05, 3.63) is 54.9 Å². The minimum atomic E-state index is -0.489. The molecule has 0 amide bonds. The molecule has 0 saturated carbocycles. The smallest absolute Gasteiger partial charge is 0.285 e. The summed E-state index contributed by atoms with van der Waals surface area (Å²) in [4.78, 5) is 22.5. The van der Waals surface area contributed by atoms with Crippen LogP contribution in [-0.4, -0.2) is 14.7 Å². The van der Waals surface area contributed by atoms with Gasteiger partial charge in [-0.25, -0.2) is 4.68 Å². The summed E-state index contributed by atoms with van der Waals surface area (Å²) in [6, 6.07) is 5.93. The van der Waals surface area contributed by atoms with Crippen LogP contribution in [0.4, 0.5) is 5.69 Å². The molecular weight excluding hydrogens is 326 g/mol. The van der Waals surface area contributed by atoms with Crippen molar-refractivity contribution >= 4 is 21.6 Å². The summed E-state index contributed by atoms with van der Waals surface area (Å²) < 4.78 is 1.74. The van der Waals surface area contributed by atoms with E-state index in [4.69, 9.17) is 0 Å². The van der Waals surface area contributed by atoms with E-state index in [1.165, 1.54) is 16.8 Å². The maximum atomic E-state index is 12.2. The summed E-state index contributed by atoms with van der Waals surface area (Å²) in [6.45, 7) is 5.92. The largest absolute Gasteiger partial charge is 0.293 e. The zero-order valence-electron chi connectivity index (χ0n) is 11.3. The molecule has 1 N–H and O–H groups in total. The summed E-state index contributed by atoms with van der Waals surface area (Å²) in [5, 5.41) is 13.8. The maximum absolute atomic E-state index is 12.2. The van der Waals surface area contributed by atoms with Crippen molar-refractivity contribution in [2.45, 2.75) is 26.2 Å². The molecule has 1 aromatic heterocycles. The molecule has 0 fully saturated rings. The van der Waals surface area contributed by atoms with Crippen LogP contribution in [0.15, 0.2) is 33.5 Å². The molecule has 0 bridgehead atoms. The minimum Gasteiger partial charge on any atom is -0.293 e. The van der Waals surface area contributed by atoms with Crippen LogP contribution >= 0.6 is 15.9 Å². The van der Waals surface area contributed by atoms with E-state index in [0.717, 1.165) is 5.69 Å². The molecule has 0 saturated heterocycles. The molecule has 7 heteroatoms. The fourth-order valence-corrected chi connectivity index (χ4v) is 2.70. The van der Waals surface area contributed by atoms with Gasteiger partial charge in [0.15, 0.2) is 0 Å². The van der Waals surface area contributed by atoms with Crippen LogP contribution in [0.25, 0.3) is 5.69 Å². The summed E-state index contributed by atoms with van der Waals surface area (Å²) in [5.41, 5.74) is 0.603. The minimum absolute atomic E-state index is 0.0579. The number of rotatable bonds is 2. The second-order valence-electron chi connectivity index (χ2n) is 5.47. The standard InChI is InChI=1S/C13H14BrN3O3/c1-13(2,3)11-10(14)12(18)16(15-11)8-5-4-6-9(7-8)17(19)20/h4-7,15H,1-3H3. The van der Waals surface area contributed by atoms with Gasteiger partial charge in [0.2, 0.25) is 0 Å². The first-order chi connectivity index (χ1) is 9.21. The van der Waals surface area contributed by atoms with Crippen molar-refractivity contribution in [1.29, 1.82) is 0 Å². The molecule has 106 valence electrons. The van der Waals surface area contributed by atoms with Gasteiger partial charge in [-0.3, -0.25) is 20.0 Å². The Hall–Kier alpha value is -1.89. The zero-order chi connectivity index (χ0) is 15.1.